The fraction of sp³-hybridized carbons (Fsp3) is 0.632. The number of hydrogen-bond acceptors (Lipinski definition) is 3. The number of unbranched alkanes of at least 4 members (excludes halogenated alkanes) is 3. The number of phosphoric acid groups is 1. The van der Waals surface area contributed by atoms with Gasteiger partial charge >= 0.3 is 7.82 Å². The zero-order valence-corrected chi connectivity index (χ0v) is 16.3. The van der Waals surface area contributed by atoms with Crippen LogP contribution in [-0.2, 0) is 13.9 Å². The molecule has 0 radical (unpaired) electrons. The van der Waals surface area contributed by atoms with Crippen molar-refractivity contribution in [3.05, 3.63) is 35.9 Å². The molecule has 0 spiro atoms. The van der Waals surface area contributed by atoms with Crippen molar-refractivity contribution in [2.45, 2.75) is 64.3 Å². The Hall–Kier alpha value is -1.20. The summed E-state index contributed by atoms with van der Waals surface area (Å²) in [6, 6.07) is 8.58. The maximum absolute atomic E-state index is 13.0. The van der Waals surface area contributed by atoms with E-state index in [0.717, 1.165) is 50.5 Å². The van der Waals surface area contributed by atoms with E-state index in [-0.39, 0.29) is 17.9 Å². The molecule has 1 aliphatic rings. The van der Waals surface area contributed by atoms with Crippen LogP contribution >= 0.6 is 7.82 Å². The Kier molecular flexibility index (Phi) is 7.84. The molecule has 1 aromatic carbocycles. The van der Waals surface area contributed by atoms with Crippen LogP contribution in [0.3, 0.4) is 0 Å². The first-order valence-electron chi connectivity index (χ1n) is 9.42. The molecular formula is C19H30NO5P. The molecule has 2 rings (SSSR count). The van der Waals surface area contributed by atoms with Crippen molar-refractivity contribution in [3.8, 4) is 0 Å². The normalized spacial score (nSPS) is 17.3. The summed E-state index contributed by atoms with van der Waals surface area (Å²) in [5.74, 6) is -0.0246. The summed E-state index contributed by atoms with van der Waals surface area (Å²) >= 11 is 0. The van der Waals surface area contributed by atoms with E-state index in [2.05, 4.69) is 16.8 Å². The van der Waals surface area contributed by atoms with Gasteiger partial charge in [0.2, 0.25) is 5.91 Å². The van der Waals surface area contributed by atoms with Crippen LogP contribution in [0.2, 0.25) is 0 Å². The summed E-state index contributed by atoms with van der Waals surface area (Å²) in [4.78, 5) is 31.0. The molecule has 0 aromatic heterocycles. The SMILES string of the molecule is CCCCCCC1(C(=O)N[C@@H](COP(=O)(O)O)c2ccccc2)CCC1. The molecule has 0 saturated heterocycles. The average molecular weight is 383 g/mol. The smallest absolute Gasteiger partial charge is 0.346 e. The highest BCUT2D eigenvalue weighted by Crippen LogP contribution is 2.46. The van der Waals surface area contributed by atoms with Gasteiger partial charge in [0, 0.05) is 5.41 Å². The van der Waals surface area contributed by atoms with E-state index in [1.807, 2.05) is 30.3 Å². The number of amides is 1. The first-order valence-corrected chi connectivity index (χ1v) is 11.0. The maximum Gasteiger partial charge on any atom is 0.469 e. The van der Waals surface area contributed by atoms with Gasteiger partial charge in [0.15, 0.2) is 0 Å². The molecule has 146 valence electrons. The quantitative estimate of drug-likeness (QED) is 0.395. The highest BCUT2D eigenvalue weighted by molar-refractivity contribution is 7.46. The van der Waals surface area contributed by atoms with Crippen LogP contribution < -0.4 is 5.32 Å². The monoisotopic (exact) mass is 383 g/mol. The lowest BCUT2D eigenvalue weighted by molar-refractivity contribution is -0.137. The van der Waals surface area contributed by atoms with Crippen molar-refractivity contribution in [3.63, 3.8) is 0 Å². The Labute approximate surface area is 155 Å². The number of rotatable bonds is 11. The van der Waals surface area contributed by atoms with E-state index in [9.17, 15) is 9.36 Å². The van der Waals surface area contributed by atoms with E-state index < -0.39 is 13.9 Å². The van der Waals surface area contributed by atoms with Gasteiger partial charge in [-0.3, -0.25) is 9.32 Å². The molecule has 0 bridgehead atoms. The number of carbonyl (C=O) groups is 1. The standard InChI is InChI=1S/C19H30NO5P/c1-2-3-4-8-12-19(13-9-14-19)18(21)20-17(15-25-26(22,23)24)16-10-6-5-7-11-16/h5-7,10-11,17H,2-4,8-9,12-15H2,1H3,(H,20,21)(H2,22,23,24)/t17-/m0/s1. The molecule has 1 aromatic rings. The van der Waals surface area contributed by atoms with Crippen molar-refractivity contribution in [1.82, 2.24) is 5.32 Å². The second-order valence-corrected chi connectivity index (χ2v) is 8.41. The summed E-state index contributed by atoms with van der Waals surface area (Å²) in [5.41, 5.74) is 0.442. The first-order chi connectivity index (χ1) is 12.4. The molecule has 1 amide bonds. The number of hydrogen-bond donors (Lipinski definition) is 3. The number of nitrogens with one attached hydrogen (secondary N) is 1. The zero-order chi connectivity index (χ0) is 19.0. The Balaban J connectivity index is 2.03. The summed E-state index contributed by atoms with van der Waals surface area (Å²) in [6.45, 7) is 1.91. The van der Waals surface area contributed by atoms with Gasteiger partial charge in [-0.25, -0.2) is 4.57 Å². The van der Waals surface area contributed by atoms with Crippen LogP contribution in [0.5, 0.6) is 0 Å². The van der Waals surface area contributed by atoms with Crippen LogP contribution in [0.15, 0.2) is 30.3 Å². The lowest BCUT2D eigenvalue weighted by atomic mass is 9.65. The van der Waals surface area contributed by atoms with Crippen molar-refractivity contribution in [1.29, 1.82) is 0 Å². The summed E-state index contributed by atoms with van der Waals surface area (Å²) in [5, 5.41) is 2.98. The first kappa shape index (κ1) is 21.1. The topological polar surface area (TPSA) is 95.9 Å². The van der Waals surface area contributed by atoms with Gasteiger partial charge in [0.25, 0.3) is 0 Å². The lowest BCUT2D eigenvalue weighted by Gasteiger charge is -2.41. The van der Waals surface area contributed by atoms with Crippen LogP contribution in [-0.4, -0.2) is 22.3 Å². The third-order valence-electron chi connectivity index (χ3n) is 5.22. The molecule has 0 unspecified atom stereocenters. The lowest BCUT2D eigenvalue weighted by Crippen LogP contribution is -2.47. The van der Waals surface area contributed by atoms with E-state index in [0.29, 0.717) is 0 Å². The van der Waals surface area contributed by atoms with Crippen LogP contribution in [0.4, 0.5) is 0 Å². The Morgan fingerprint density at radius 1 is 1.23 bits per heavy atom. The molecule has 0 aliphatic heterocycles. The van der Waals surface area contributed by atoms with Crippen molar-refractivity contribution >= 4 is 13.7 Å². The van der Waals surface area contributed by atoms with Crippen molar-refractivity contribution in [2.75, 3.05) is 6.61 Å². The Morgan fingerprint density at radius 3 is 2.46 bits per heavy atom. The number of carbonyl (C=O) groups excluding carboxylic acids is 1. The molecular weight excluding hydrogens is 353 g/mol. The Morgan fingerprint density at radius 2 is 1.92 bits per heavy atom. The Bertz CT molecular complexity index is 612. The van der Waals surface area contributed by atoms with Gasteiger partial charge in [0.1, 0.15) is 0 Å². The number of benzene rings is 1. The molecule has 1 saturated carbocycles. The van der Waals surface area contributed by atoms with Gasteiger partial charge < -0.3 is 15.1 Å². The summed E-state index contributed by atoms with van der Waals surface area (Å²) < 4.78 is 15.8. The van der Waals surface area contributed by atoms with Crippen molar-refractivity contribution < 1.29 is 23.7 Å². The predicted molar refractivity (Wildman–Crippen MR) is 100 cm³/mol. The molecule has 26 heavy (non-hydrogen) atoms. The zero-order valence-electron chi connectivity index (χ0n) is 15.4. The highest BCUT2D eigenvalue weighted by atomic mass is 31.2. The highest BCUT2D eigenvalue weighted by Gasteiger charge is 2.44. The largest absolute Gasteiger partial charge is 0.469 e. The summed E-state index contributed by atoms with van der Waals surface area (Å²) in [6.07, 6.45) is 8.20. The molecule has 3 N–H and O–H groups in total. The van der Waals surface area contributed by atoms with Gasteiger partial charge in [0.05, 0.1) is 12.6 Å². The minimum Gasteiger partial charge on any atom is -0.346 e. The van der Waals surface area contributed by atoms with Gasteiger partial charge in [-0.05, 0) is 24.8 Å². The molecule has 1 fully saturated rings. The minimum atomic E-state index is -4.59. The van der Waals surface area contributed by atoms with E-state index in [4.69, 9.17) is 9.79 Å². The number of phosphoric ester groups is 1. The van der Waals surface area contributed by atoms with Crippen molar-refractivity contribution in [2.24, 2.45) is 5.41 Å². The average Bonchev–Trinajstić information content (AvgIpc) is 2.57. The second kappa shape index (κ2) is 9.65. The third kappa shape index (κ3) is 6.20. The molecule has 7 heteroatoms. The summed E-state index contributed by atoms with van der Waals surface area (Å²) in [7, 11) is -4.59. The molecule has 1 atom stereocenters. The van der Waals surface area contributed by atoms with Crippen LogP contribution in [0, 0.1) is 5.41 Å². The maximum atomic E-state index is 13.0. The third-order valence-corrected chi connectivity index (χ3v) is 5.70. The van der Waals surface area contributed by atoms with Gasteiger partial charge in [-0.2, -0.15) is 0 Å². The van der Waals surface area contributed by atoms with Gasteiger partial charge in [-0.15, -0.1) is 0 Å². The minimum absolute atomic E-state index is 0.0246. The predicted octanol–water partition coefficient (Wildman–Crippen LogP) is 4.09. The van der Waals surface area contributed by atoms with Crippen LogP contribution in [0.1, 0.15) is 69.9 Å². The van der Waals surface area contributed by atoms with Gasteiger partial charge in [-0.1, -0.05) is 69.4 Å². The fourth-order valence-corrected chi connectivity index (χ4v) is 3.82. The fourth-order valence-electron chi connectivity index (χ4n) is 3.47. The van der Waals surface area contributed by atoms with E-state index in [1.165, 1.54) is 6.42 Å². The molecule has 1 aliphatic carbocycles. The van der Waals surface area contributed by atoms with E-state index >= 15 is 0 Å². The van der Waals surface area contributed by atoms with E-state index in [1.54, 1.807) is 0 Å². The molecule has 6 nitrogen and oxygen atoms in total. The molecule has 0 heterocycles. The van der Waals surface area contributed by atoms with Crippen LogP contribution in [0.25, 0.3) is 0 Å². The second-order valence-electron chi connectivity index (χ2n) is 7.17.